The van der Waals surface area contributed by atoms with Crippen molar-refractivity contribution in [2.24, 2.45) is 11.8 Å². The van der Waals surface area contributed by atoms with Gasteiger partial charge in [0.1, 0.15) is 0 Å². The van der Waals surface area contributed by atoms with Crippen molar-refractivity contribution in [1.29, 1.82) is 0 Å². The summed E-state index contributed by atoms with van der Waals surface area (Å²) < 4.78 is 0. The number of nitrogens with one attached hydrogen (secondary N) is 2. The van der Waals surface area contributed by atoms with Gasteiger partial charge in [-0.25, -0.2) is 5.48 Å². The first-order valence-corrected chi connectivity index (χ1v) is 5.32. The topological polar surface area (TPSA) is 50.4 Å². The molecule has 4 heteroatoms. The van der Waals surface area contributed by atoms with Gasteiger partial charge in [-0.2, -0.15) is 0 Å². The Bertz CT molecular complexity index is 177. The molecule has 4 nitrogen and oxygen atoms in total. The number of amides is 1. The van der Waals surface area contributed by atoms with E-state index in [4.69, 9.17) is 4.84 Å². The molecule has 0 saturated carbocycles. The summed E-state index contributed by atoms with van der Waals surface area (Å²) in [6, 6.07) is 0. The van der Waals surface area contributed by atoms with E-state index >= 15 is 0 Å². The molecule has 1 aliphatic heterocycles. The van der Waals surface area contributed by atoms with Crippen LogP contribution in [0.2, 0.25) is 0 Å². The Morgan fingerprint density at radius 3 is 2.71 bits per heavy atom. The maximum Gasteiger partial charge on any atom is 0.246 e. The number of hydrogen-bond acceptors (Lipinski definition) is 3. The van der Waals surface area contributed by atoms with Crippen LogP contribution in [-0.2, 0) is 9.63 Å². The van der Waals surface area contributed by atoms with Crippen LogP contribution in [0.3, 0.4) is 0 Å². The molecule has 1 fully saturated rings. The Balaban J connectivity index is 2.05. The third-order valence-electron chi connectivity index (χ3n) is 2.47. The highest BCUT2D eigenvalue weighted by Gasteiger charge is 2.14. The zero-order valence-electron chi connectivity index (χ0n) is 9.01. The quantitative estimate of drug-likeness (QED) is 0.656. The van der Waals surface area contributed by atoms with E-state index in [2.05, 4.69) is 10.8 Å². The maximum atomic E-state index is 11.1. The van der Waals surface area contributed by atoms with Gasteiger partial charge >= 0.3 is 0 Å². The van der Waals surface area contributed by atoms with Gasteiger partial charge in [0.05, 0.1) is 6.61 Å². The second-order valence-electron chi connectivity index (χ2n) is 4.13. The normalized spacial score (nSPS) is 18.5. The summed E-state index contributed by atoms with van der Waals surface area (Å²) in [5.41, 5.74) is 2.47. The Morgan fingerprint density at radius 1 is 1.50 bits per heavy atom. The Labute approximate surface area is 85.3 Å². The highest BCUT2D eigenvalue weighted by atomic mass is 16.6. The molecule has 82 valence electrons. The lowest BCUT2D eigenvalue weighted by atomic mass is 10.00. The largest absolute Gasteiger partial charge is 0.317 e. The fourth-order valence-corrected chi connectivity index (χ4v) is 1.40. The van der Waals surface area contributed by atoms with E-state index in [1.807, 2.05) is 13.8 Å². The highest BCUT2D eigenvalue weighted by molar-refractivity contribution is 5.76. The molecule has 1 amide bonds. The molecule has 0 aromatic heterocycles. The van der Waals surface area contributed by atoms with E-state index in [-0.39, 0.29) is 11.8 Å². The minimum absolute atomic E-state index is 0.0111. The Morgan fingerprint density at radius 2 is 2.14 bits per heavy atom. The molecule has 1 rings (SSSR count). The first-order valence-electron chi connectivity index (χ1n) is 5.32. The molecule has 14 heavy (non-hydrogen) atoms. The average molecular weight is 200 g/mol. The molecule has 0 radical (unpaired) electrons. The van der Waals surface area contributed by atoms with Gasteiger partial charge in [0.25, 0.3) is 0 Å². The molecule has 1 saturated heterocycles. The summed E-state index contributed by atoms with van der Waals surface area (Å²) >= 11 is 0. The Hall–Kier alpha value is -0.610. The second-order valence-corrected chi connectivity index (χ2v) is 4.13. The third kappa shape index (κ3) is 4.07. The molecule has 0 atom stereocenters. The Kier molecular flexibility index (Phi) is 4.90. The van der Waals surface area contributed by atoms with Crippen LogP contribution in [0.1, 0.15) is 26.7 Å². The summed E-state index contributed by atoms with van der Waals surface area (Å²) in [7, 11) is 0. The summed E-state index contributed by atoms with van der Waals surface area (Å²) in [6.07, 6.45) is 2.27. The van der Waals surface area contributed by atoms with Crippen molar-refractivity contribution in [3.05, 3.63) is 0 Å². The van der Waals surface area contributed by atoms with E-state index in [1.165, 1.54) is 0 Å². The van der Waals surface area contributed by atoms with Gasteiger partial charge in [-0.1, -0.05) is 13.8 Å². The van der Waals surface area contributed by atoms with Crippen molar-refractivity contribution in [2.45, 2.75) is 26.7 Å². The van der Waals surface area contributed by atoms with Gasteiger partial charge in [-0.15, -0.1) is 0 Å². The van der Waals surface area contributed by atoms with Crippen molar-refractivity contribution in [2.75, 3.05) is 19.7 Å². The SMILES string of the molecule is CC(C)C(=O)NOCC1CCNCC1. The van der Waals surface area contributed by atoms with Crippen LogP contribution in [0, 0.1) is 11.8 Å². The number of hydrogen-bond donors (Lipinski definition) is 2. The maximum absolute atomic E-state index is 11.1. The average Bonchev–Trinajstić information content (AvgIpc) is 2.19. The van der Waals surface area contributed by atoms with Crippen LogP contribution in [-0.4, -0.2) is 25.6 Å². The smallest absolute Gasteiger partial charge is 0.246 e. The molecule has 1 aliphatic rings. The van der Waals surface area contributed by atoms with E-state index < -0.39 is 0 Å². The van der Waals surface area contributed by atoms with Crippen molar-refractivity contribution in [3.8, 4) is 0 Å². The first kappa shape index (κ1) is 11.5. The number of carbonyl (C=O) groups is 1. The first-order chi connectivity index (χ1) is 6.70. The molecule has 0 aromatic carbocycles. The van der Waals surface area contributed by atoms with Crippen molar-refractivity contribution in [3.63, 3.8) is 0 Å². The molecule has 0 aliphatic carbocycles. The lowest BCUT2D eigenvalue weighted by molar-refractivity contribution is -0.138. The molecule has 0 aromatic rings. The van der Waals surface area contributed by atoms with Crippen LogP contribution < -0.4 is 10.8 Å². The standard InChI is InChI=1S/C10H20N2O2/c1-8(2)10(13)12-14-7-9-3-5-11-6-4-9/h8-9,11H,3-7H2,1-2H3,(H,12,13). The van der Waals surface area contributed by atoms with Crippen molar-refractivity contribution < 1.29 is 9.63 Å². The minimum atomic E-state index is -0.0427. The van der Waals surface area contributed by atoms with Gasteiger partial charge < -0.3 is 5.32 Å². The van der Waals surface area contributed by atoms with Crippen LogP contribution in [0.5, 0.6) is 0 Å². The van der Waals surface area contributed by atoms with Crippen LogP contribution >= 0.6 is 0 Å². The van der Waals surface area contributed by atoms with Crippen molar-refractivity contribution >= 4 is 5.91 Å². The van der Waals surface area contributed by atoms with Crippen LogP contribution in [0.25, 0.3) is 0 Å². The second kappa shape index (κ2) is 5.98. The highest BCUT2D eigenvalue weighted by Crippen LogP contribution is 2.10. The molecule has 0 unspecified atom stereocenters. The summed E-state index contributed by atoms with van der Waals surface area (Å²) in [4.78, 5) is 16.3. The lowest BCUT2D eigenvalue weighted by Crippen LogP contribution is -2.34. The van der Waals surface area contributed by atoms with Gasteiger partial charge in [0, 0.05) is 5.92 Å². The summed E-state index contributed by atoms with van der Waals surface area (Å²) in [5, 5.41) is 3.29. The van der Waals surface area contributed by atoms with Crippen LogP contribution in [0.4, 0.5) is 0 Å². The van der Waals surface area contributed by atoms with Crippen molar-refractivity contribution in [1.82, 2.24) is 10.8 Å². The number of carbonyl (C=O) groups excluding carboxylic acids is 1. The molecular weight excluding hydrogens is 180 g/mol. The lowest BCUT2D eigenvalue weighted by Gasteiger charge is -2.22. The van der Waals surface area contributed by atoms with E-state index in [9.17, 15) is 4.79 Å². The third-order valence-corrected chi connectivity index (χ3v) is 2.47. The van der Waals surface area contributed by atoms with E-state index in [1.54, 1.807) is 0 Å². The predicted octanol–water partition coefficient (Wildman–Crippen LogP) is 0.690. The number of piperidine rings is 1. The number of hydroxylamine groups is 1. The fraction of sp³-hybridized carbons (Fsp3) is 0.900. The fourth-order valence-electron chi connectivity index (χ4n) is 1.40. The van der Waals surface area contributed by atoms with E-state index in [0.717, 1.165) is 25.9 Å². The van der Waals surface area contributed by atoms with Gasteiger partial charge in [-0.05, 0) is 31.8 Å². The van der Waals surface area contributed by atoms with Gasteiger partial charge in [-0.3, -0.25) is 9.63 Å². The molecular formula is C10H20N2O2. The molecule has 0 bridgehead atoms. The minimum Gasteiger partial charge on any atom is -0.317 e. The van der Waals surface area contributed by atoms with Crippen LogP contribution in [0.15, 0.2) is 0 Å². The zero-order chi connectivity index (χ0) is 10.4. The monoisotopic (exact) mass is 200 g/mol. The zero-order valence-corrected chi connectivity index (χ0v) is 9.01. The number of rotatable bonds is 4. The van der Waals surface area contributed by atoms with E-state index in [0.29, 0.717) is 12.5 Å². The predicted molar refractivity (Wildman–Crippen MR) is 54.5 cm³/mol. The summed E-state index contributed by atoms with van der Waals surface area (Å²) in [5.74, 6) is 0.533. The molecule has 1 heterocycles. The van der Waals surface area contributed by atoms with Gasteiger partial charge in [0.15, 0.2) is 0 Å². The van der Waals surface area contributed by atoms with Gasteiger partial charge in [0.2, 0.25) is 5.91 Å². The summed E-state index contributed by atoms with van der Waals surface area (Å²) in [6.45, 7) is 6.46. The molecule has 2 N–H and O–H groups in total. The molecule has 0 spiro atoms.